The molecule has 8 heteroatoms. The van der Waals surface area contributed by atoms with Crippen LogP contribution >= 0.6 is 0 Å². The zero-order chi connectivity index (χ0) is 23.9. The molecular formula is C24H33N3O4S. The van der Waals surface area contributed by atoms with Crippen LogP contribution in [0.3, 0.4) is 0 Å². The second kappa shape index (κ2) is 11.1. The van der Waals surface area contributed by atoms with Crippen molar-refractivity contribution in [1.29, 1.82) is 0 Å². The molecule has 0 saturated carbocycles. The molecule has 0 unspecified atom stereocenters. The number of nitrogens with one attached hydrogen (secondary N) is 1. The zero-order valence-corrected chi connectivity index (χ0v) is 20.3. The Morgan fingerprint density at radius 2 is 1.69 bits per heavy atom. The average molecular weight is 460 g/mol. The van der Waals surface area contributed by atoms with Gasteiger partial charge in [0.15, 0.2) is 0 Å². The highest BCUT2D eigenvalue weighted by Gasteiger charge is 2.31. The summed E-state index contributed by atoms with van der Waals surface area (Å²) in [5.74, 6) is -0.685. The Hall–Kier alpha value is -2.87. The third kappa shape index (κ3) is 6.56. The summed E-state index contributed by atoms with van der Waals surface area (Å²) < 4.78 is 26.5. The minimum atomic E-state index is -3.74. The van der Waals surface area contributed by atoms with Crippen molar-refractivity contribution in [3.05, 3.63) is 65.2 Å². The molecule has 0 aliphatic carbocycles. The molecule has 0 aliphatic rings. The number of hydrogen-bond donors (Lipinski definition) is 1. The topological polar surface area (TPSA) is 86.8 Å². The van der Waals surface area contributed by atoms with Crippen molar-refractivity contribution in [2.75, 3.05) is 23.7 Å². The largest absolute Gasteiger partial charge is 0.355 e. The van der Waals surface area contributed by atoms with Crippen molar-refractivity contribution >= 4 is 27.5 Å². The van der Waals surface area contributed by atoms with Crippen molar-refractivity contribution in [1.82, 2.24) is 10.2 Å². The van der Waals surface area contributed by atoms with Gasteiger partial charge in [-0.1, -0.05) is 49.4 Å². The lowest BCUT2D eigenvalue weighted by molar-refractivity contribution is -0.140. The van der Waals surface area contributed by atoms with Crippen LogP contribution in [0.2, 0.25) is 0 Å². The van der Waals surface area contributed by atoms with E-state index in [9.17, 15) is 18.0 Å². The molecule has 0 fully saturated rings. The number of rotatable bonds is 10. The molecule has 1 N–H and O–H groups in total. The number of anilines is 1. The number of carbonyl (C=O) groups excluding carboxylic acids is 2. The molecule has 2 aromatic rings. The Bertz CT molecular complexity index is 1040. The summed E-state index contributed by atoms with van der Waals surface area (Å²) in [6, 6.07) is 14.1. The third-order valence-corrected chi connectivity index (χ3v) is 6.37. The highest BCUT2D eigenvalue weighted by atomic mass is 32.2. The van der Waals surface area contributed by atoms with Crippen molar-refractivity contribution in [3.63, 3.8) is 0 Å². The van der Waals surface area contributed by atoms with E-state index in [2.05, 4.69) is 5.32 Å². The van der Waals surface area contributed by atoms with E-state index in [1.54, 1.807) is 6.07 Å². The smallest absolute Gasteiger partial charge is 0.244 e. The first-order chi connectivity index (χ1) is 15.1. The number of carbonyl (C=O) groups is 2. The second-order valence-electron chi connectivity index (χ2n) is 7.89. The van der Waals surface area contributed by atoms with Crippen molar-refractivity contribution in [2.45, 2.75) is 46.7 Å². The van der Waals surface area contributed by atoms with Gasteiger partial charge in [-0.05, 0) is 49.9 Å². The van der Waals surface area contributed by atoms with Crippen LogP contribution in [0.5, 0.6) is 0 Å². The molecule has 0 heterocycles. The lowest BCUT2D eigenvalue weighted by atomic mass is 10.1. The molecular weight excluding hydrogens is 426 g/mol. The van der Waals surface area contributed by atoms with Gasteiger partial charge in [0, 0.05) is 13.1 Å². The highest BCUT2D eigenvalue weighted by molar-refractivity contribution is 7.92. The Morgan fingerprint density at radius 1 is 1.03 bits per heavy atom. The van der Waals surface area contributed by atoms with Crippen molar-refractivity contribution in [2.24, 2.45) is 0 Å². The van der Waals surface area contributed by atoms with Crippen LogP contribution in [-0.4, -0.2) is 50.5 Å². The maximum atomic E-state index is 13.5. The predicted molar refractivity (Wildman–Crippen MR) is 128 cm³/mol. The number of aryl methyl sites for hydroxylation is 2. The average Bonchev–Trinajstić information content (AvgIpc) is 2.73. The normalized spacial score (nSPS) is 12.2. The van der Waals surface area contributed by atoms with E-state index < -0.39 is 22.0 Å². The van der Waals surface area contributed by atoms with E-state index in [0.717, 1.165) is 27.3 Å². The number of likely N-dealkylation sites (N-methyl/N-ethyl adjacent to an activating group) is 1. The maximum Gasteiger partial charge on any atom is 0.244 e. The molecule has 0 saturated heterocycles. The van der Waals surface area contributed by atoms with Gasteiger partial charge >= 0.3 is 0 Å². The minimum Gasteiger partial charge on any atom is -0.355 e. The summed E-state index contributed by atoms with van der Waals surface area (Å²) in [6.45, 7) is 7.61. The summed E-state index contributed by atoms with van der Waals surface area (Å²) in [7, 11) is -3.74. The highest BCUT2D eigenvalue weighted by Crippen LogP contribution is 2.24. The van der Waals surface area contributed by atoms with Gasteiger partial charge in [0.05, 0.1) is 11.9 Å². The number of sulfonamides is 1. The molecule has 0 bridgehead atoms. The second-order valence-corrected chi connectivity index (χ2v) is 9.79. The number of benzene rings is 2. The van der Waals surface area contributed by atoms with Crippen molar-refractivity contribution < 1.29 is 18.0 Å². The van der Waals surface area contributed by atoms with Gasteiger partial charge in [-0.2, -0.15) is 0 Å². The van der Waals surface area contributed by atoms with Crippen LogP contribution in [0.15, 0.2) is 48.5 Å². The van der Waals surface area contributed by atoms with Crippen molar-refractivity contribution in [3.8, 4) is 0 Å². The monoisotopic (exact) mass is 459 g/mol. The van der Waals surface area contributed by atoms with Gasteiger partial charge in [0.2, 0.25) is 21.8 Å². The van der Waals surface area contributed by atoms with E-state index in [4.69, 9.17) is 0 Å². The molecule has 0 spiro atoms. The molecule has 2 aromatic carbocycles. The number of nitrogens with zero attached hydrogens (tertiary/aromatic N) is 2. The van der Waals surface area contributed by atoms with E-state index in [1.807, 2.05) is 70.2 Å². The first-order valence-corrected chi connectivity index (χ1v) is 12.6. The summed E-state index contributed by atoms with van der Waals surface area (Å²) in [4.78, 5) is 27.7. The SMILES string of the molecule is CCNC(=O)[C@H](CC)N(Cc1ccccc1)C(=O)CN(c1cc(C)ccc1C)S(C)(=O)=O. The quantitative estimate of drug-likeness (QED) is 0.592. The number of hydrogen-bond acceptors (Lipinski definition) is 4. The van der Waals surface area contributed by atoms with Gasteiger partial charge in [-0.15, -0.1) is 0 Å². The summed E-state index contributed by atoms with van der Waals surface area (Å²) in [5, 5.41) is 2.78. The molecule has 174 valence electrons. The first-order valence-electron chi connectivity index (χ1n) is 10.7. The van der Waals surface area contributed by atoms with Crippen LogP contribution in [0.4, 0.5) is 5.69 Å². The van der Waals surface area contributed by atoms with Gasteiger partial charge in [0.25, 0.3) is 0 Å². The van der Waals surface area contributed by atoms with E-state index >= 15 is 0 Å². The lowest BCUT2D eigenvalue weighted by Gasteiger charge is -2.33. The Morgan fingerprint density at radius 3 is 2.25 bits per heavy atom. The minimum absolute atomic E-state index is 0.208. The Balaban J connectivity index is 2.45. The molecule has 0 aromatic heterocycles. The van der Waals surface area contributed by atoms with E-state index in [1.165, 1.54) is 4.90 Å². The van der Waals surface area contributed by atoms with Crippen LogP contribution < -0.4 is 9.62 Å². The lowest BCUT2D eigenvalue weighted by Crippen LogP contribution is -2.52. The van der Waals surface area contributed by atoms with Crippen LogP contribution in [0.1, 0.15) is 37.0 Å². The van der Waals surface area contributed by atoms with E-state index in [0.29, 0.717) is 18.7 Å². The molecule has 7 nitrogen and oxygen atoms in total. The summed E-state index contributed by atoms with van der Waals surface area (Å²) in [6.07, 6.45) is 1.50. The van der Waals surface area contributed by atoms with Gasteiger partial charge < -0.3 is 10.2 Å². The fourth-order valence-corrected chi connectivity index (χ4v) is 4.47. The molecule has 0 radical (unpaired) electrons. The molecule has 1 atom stereocenters. The maximum absolute atomic E-state index is 13.5. The fraction of sp³-hybridized carbons (Fsp3) is 0.417. The fourth-order valence-electron chi connectivity index (χ4n) is 3.57. The van der Waals surface area contributed by atoms with Gasteiger partial charge in [0.1, 0.15) is 12.6 Å². The first kappa shape index (κ1) is 25.4. The predicted octanol–water partition coefficient (Wildman–Crippen LogP) is 3.01. The summed E-state index contributed by atoms with van der Waals surface area (Å²) >= 11 is 0. The molecule has 0 aliphatic heterocycles. The molecule has 2 rings (SSSR count). The Kier molecular flexibility index (Phi) is 8.83. The number of amides is 2. The van der Waals surface area contributed by atoms with Crippen LogP contribution in [0, 0.1) is 13.8 Å². The zero-order valence-electron chi connectivity index (χ0n) is 19.5. The van der Waals surface area contributed by atoms with Gasteiger partial charge in [-0.3, -0.25) is 13.9 Å². The Labute approximate surface area is 191 Å². The van der Waals surface area contributed by atoms with Crippen LogP contribution in [0.25, 0.3) is 0 Å². The summed E-state index contributed by atoms with van der Waals surface area (Å²) in [5.41, 5.74) is 2.97. The molecule has 2 amide bonds. The molecule has 32 heavy (non-hydrogen) atoms. The standard InChI is InChI=1S/C24H33N3O4S/c1-6-21(24(29)25-7-2)26(16-20-11-9-8-10-12-20)23(28)17-27(32(5,30)31)22-15-18(3)13-14-19(22)4/h8-15,21H,6-7,16-17H2,1-5H3,(H,25,29)/t21-/m0/s1. The van der Waals surface area contributed by atoms with Gasteiger partial charge in [-0.25, -0.2) is 8.42 Å². The van der Waals surface area contributed by atoms with E-state index in [-0.39, 0.29) is 19.0 Å². The van der Waals surface area contributed by atoms with Crippen LogP contribution in [-0.2, 0) is 26.2 Å². The third-order valence-electron chi connectivity index (χ3n) is 5.25.